The van der Waals surface area contributed by atoms with Crippen molar-refractivity contribution in [2.45, 2.75) is 103 Å². The zero-order valence-corrected chi connectivity index (χ0v) is 43.9. The molecule has 384 valence electrons. The number of fused-ring (bicyclic) bond motifs is 2. The summed E-state index contributed by atoms with van der Waals surface area (Å²) in [5.74, 6) is 2.08. The van der Waals surface area contributed by atoms with Crippen molar-refractivity contribution in [3.63, 3.8) is 0 Å². The normalized spacial score (nSPS) is 17.6. The second kappa shape index (κ2) is 23.9. The summed E-state index contributed by atoms with van der Waals surface area (Å²) >= 11 is 12.9. The molecule has 4 aromatic heterocycles. The number of benzene rings is 4. The van der Waals surface area contributed by atoms with Crippen LogP contribution >= 0.6 is 35.6 Å². The Hall–Kier alpha value is -7.00. The van der Waals surface area contributed by atoms with Crippen LogP contribution in [0.25, 0.3) is 44.3 Å². The molecule has 17 heteroatoms. The monoisotopic (exact) mass is 1050 g/mol. The minimum absolute atomic E-state index is 0. The first-order valence-corrected chi connectivity index (χ1v) is 25.7. The van der Waals surface area contributed by atoms with Crippen LogP contribution in [0.1, 0.15) is 106 Å². The number of para-hydroxylation sites is 2. The number of hydrogen-bond acceptors (Lipinski definition) is 11. The predicted octanol–water partition coefficient (Wildman–Crippen LogP) is 14.4. The molecule has 1 amide bonds. The first kappa shape index (κ1) is 53.3. The van der Waals surface area contributed by atoms with Crippen molar-refractivity contribution in [2.75, 3.05) is 21.7 Å². The average molecular weight is 1060 g/mol. The maximum atomic E-state index is 13.0. The van der Waals surface area contributed by atoms with Gasteiger partial charge in [0.05, 0.1) is 33.8 Å². The summed E-state index contributed by atoms with van der Waals surface area (Å²) in [5, 5.41) is 12.8. The molecule has 10 rings (SSSR count). The molecule has 0 aliphatic heterocycles. The number of carbonyl (C=O) groups is 3. The van der Waals surface area contributed by atoms with Gasteiger partial charge in [-0.25, -0.2) is 24.7 Å². The highest BCUT2D eigenvalue weighted by molar-refractivity contribution is 6.33. The minimum atomic E-state index is -0.593. The summed E-state index contributed by atoms with van der Waals surface area (Å²) in [6.45, 7) is 5.42. The highest BCUT2D eigenvalue weighted by Gasteiger charge is 2.27. The summed E-state index contributed by atoms with van der Waals surface area (Å²) in [6.07, 6.45) is 15.3. The van der Waals surface area contributed by atoms with Crippen molar-refractivity contribution in [1.82, 2.24) is 29.9 Å². The van der Waals surface area contributed by atoms with Gasteiger partial charge in [-0.05, 0) is 120 Å². The molecule has 0 bridgehead atoms. The molecule has 0 saturated heterocycles. The Bertz CT molecular complexity index is 3250. The third-order valence-corrected chi connectivity index (χ3v) is 14.1. The number of nitrogen functional groups attached to an aromatic ring is 1. The maximum Gasteiger partial charge on any atom is 0.412 e. The number of nitrogens with two attached hydrogens (primary N) is 1. The number of Topliss-reactive ketones (excluding diaryl/α,β-unsaturated/α-hetero) is 2. The van der Waals surface area contributed by atoms with Crippen LogP contribution in [0.2, 0.25) is 10.0 Å². The van der Waals surface area contributed by atoms with E-state index in [0.717, 1.165) is 84.3 Å². The molecule has 2 aliphatic rings. The van der Waals surface area contributed by atoms with Gasteiger partial charge in [-0.3, -0.25) is 14.9 Å². The number of nitrogens with one attached hydrogen (secondary N) is 5. The molecule has 0 spiro atoms. The van der Waals surface area contributed by atoms with Crippen LogP contribution in [0.15, 0.2) is 122 Å². The van der Waals surface area contributed by atoms with E-state index in [4.69, 9.17) is 43.6 Å². The smallest absolute Gasteiger partial charge is 0.412 e. The van der Waals surface area contributed by atoms with Crippen LogP contribution in [0.5, 0.6) is 0 Å². The highest BCUT2D eigenvalue weighted by Crippen LogP contribution is 2.36. The van der Waals surface area contributed by atoms with E-state index < -0.39 is 11.7 Å². The van der Waals surface area contributed by atoms with Gasteiger partial charge in [0, 0.05) is 92.8 Å². The highest BCUT2D eigenvalue weighted by atomic mass is 35.5. The van der Waals surface area contributed by atoms with Crippen molar-refractivity contribution < 1.29 is 19.1 Å². The van der Waals surface area contributed by atoms with Crippen LogP contribution in [-0.4, -0.2) is 65.2 Å². The number of aromatic nitrogens is 6. The van der Waals surface area contributed by atoms with Crippen molar-refractivity contribution in [2.24, 2.45) is 11.8 Å². The van der Waals surface area contributed by atoms with Crippen LogP contribution in [0.3, 0.4) is 0 Å². The summed E-state index contributed by atoms with van der Waals surface area (Å²) in [6, 6.07) is 30.9. The van der Waals surface area contributed by atoms with Crippen molar-refractivity contribution in [3.8, 4) is 22.5 Å². The fraction of sp³-hybridized carbons (Fsp3) is 0.316. The fourth-order valence-corrected chi connectivity index (χ4v) is 10.2. The summed E-state index contributed by atoms with van der Waals surface area (Å²) in [5.41, 5.74) is 13.1. The van der Waals surface area contributed by atoms with Gasteiger partial charge in [0.2, 0.25) is 11.9 Å². The first-order chi connectivity index (χ1) is 35.2. The second-order valence-electron chi connectivity index (χ2n) is 20.1. The van der Waals surface area contributed by atoms with E-state index >= 15 is 0 Å². The van der Waals surface area contributed by atoms with Crippen molar-refractivity contribution in [3.05, 3.63) is 143 Å². The van der Waals surface area contributed by atoms with Crippen molar-refractivity contribution >= 4 is 98.3 Å². The lowest BCUT2D eigenvalue weighted by Gasteiger charge is -2.29. The van der Waals surface area contributed by atoms with Gasteiger partial charge in [0.15, 0.2) is 11.6 Å². The standard InChI is InChI=1S/C31H34ClN5O3.C26H26ClN5O.ClH/c1-31(2,3)40-30(39)36-22-8-6-7-20(16-22)27(38)15-19-11-13-21(14-12-19)35-29-34-18-25(32)28(37-29)24-17-33-26-10-5-4-9-23(24)26;27-22-15-30-26(32-25(22)21-14-29-23-7-2-1-6-20(21)23)31-19-10-8-16(9-11-19)12-24(33)17-4-3-5-18(28)13-17;/h4-10,16-19,21,33H,11-15H2,1-3H3,(H,36,39)(H,34,35,37);1-7,13-16,19,29H,8-12,28H2,(H,30,31,32);1H. The summed E-state index contributed by atoms with van der Waals surface area (Å²) in [4.78, 5) is 62.6. The molecule has 4 heterocycles. The first-order valence-electron chi connectivity index (χ1n) is 24.9. The summed E-state index contributed by atoms with van der Waals surface area (Å²) < 4.78 is 5.31. The van der Waals surface area contributed by atoms with E-state index in [1.165, 1.54) is 0 Å². The minimum Gasteiger partial charge on any atom is -0.444 e. The number of aromatic amines is 2. The molecule has 14 nitrogen and oxygen atoms in total. The molecule has 7 N–H and O–H groups in total. The van der Waals surface area contributed by atoms with E-state index in [1.54, 1.807) is 48.8 Å². The van der Waals surface area contributed by atoms with Gasteiger partial charge >= 0.3 is 6.09 Å². The number of H-pyrrole nitrogens is 2. The van der Waals surface area contributed by atoms with Gasteiger partial charge in [0.1, 0.15) is 5.60 Å². The largest absolute Gasteiger partial charge is 0.444 e. The van der Waals surface area contributed by atoms with Crippen LogP contribution in [0.4, 0.5) is 28.1 Å². The zero-order chi connectivity index (χ0) is 51.1. The lowest BCUT2D eigenvalue weighted by molar-refractivity contribution is 0.0635. The molecule has 0 atom stereocenters. The SMILES string of the molecule is CC(C)(C)OC(=O)Nc1cccc(C(=O)CC2CCC(Nc3ncc(Cl)c(-c4c[nH]c5ccccc45)n3)CC2)c1.Cl.Nc1cccc(C(=O)CC2CCC(Nc3ncc(Cl)c(-c4c[nH]c5ccccc45)n3)CC2)c1. The molecule has 2 saturated carbocycles. The Balaban J connectivity index is 0.000000198. The number of ketones is 2. The molecule has 8 aromatic rings. The number of carbonyl (C=O) groups excluding carboxylic acids is 3. The number of anilines is 4. The Morgan fingerprint density at radius 3 is 1.57 bits per heavy atom. The molecule has 0 unspecified atom stereocenters. The maximum absolute atomic E-state index is 13.0. The predicted molar refractivity (Wildman–Crippen MR) is 300 cm³/mol. The van der Waals surface area contributed by atoms with Gasteiger partial charge in [0.25, 0.3) is 0 Å². The van der Waals surface area contributed by atoms with E-state index in [0.29, 0.717) is 80.5 Å². The van der Waals surface area contributed by atoms with Crippen LogP contribution in [0, 0.1) is 11.8 Å². The Labute approximate surface area is 446 Å². The number of nitrogens with zero attached hydrogens (tertiary/aromatic N) is 4. The van der Waals surface area contributed by atoms with E-state index in [-0.39, 0.29) is 36.1 Å². The van der Waals surface area contributed by atoms with Gasteiger partial charge < -0.3 is 31.1 Å². The Kier molecular flexibility index (Phi) is 17.2. The van der Waals surface area contributed by atoms with E-state index in [2.05, 4.69) is 42.0 Å². The summed E-state index contributed by atoms with van der Waals surface area (Å²) in [7, 11) is 0. The lowest BCUT2D eigenvalue weighted by atomic mass is 9.82. The molecule has 4 aromatic carbocycles. The van der Waals surface area contributed by atoms with Crippen LogP contribution in [-0.2, 0) is 4.74 Å². The molecular formula is C57H61Cl3N10O4. The zero-order valence-electron chi connectivity index (χ0n) is 41.6. The van der Waals surface area contributed by atoms with Gasteiger partial charge in [-0.15, -0.1) is 12.4 Å². The van der Waals surface area contributed by atoms with E-state index in [9.17, 15) is 14.4 Å². The number of hydrogen-bond donors (Lipinski definition) is 6. The van der Waals surface area contributed by atoms with Crippen LogP contribution < -0.4 is 21.7 Å². The van der Waals surface area contributed by atoms with E-state index in [1.807, 2.05) is 87.8 Å². The molecule has 2 aliphatic carbocycles. The third kappa shape index (κ3) is 13.6. The lowest BCUT2D eigenvalue weighted by Crippen LogP contribution is -2.28. The fourth-order valence-electron chi connectivity index (χ4n) is 9.84. The second-order valence-corrected chi connectivity index (χ2v) is 20.9. The average Bonchev–Trinajstić information content (AvgIpc) is 4.01. The third-order valence-electron chi connectivity index (χ3n) is 13.5. The van der Waals surface area contributed by atoms with Crippen molar-refractivity contribution in [1.29, 1.82) is 0 Å². The molecule has 74 heavy (non-hydrogen) atoms. The topological polar surface area (TPSA) is 206 Å². The number of halogens is 3. The molecule has 2 fully saturated rings. The van der Waals surface area contributed by atoms with Gasteiger partial charge in [-0.2, -0.15) is 0 Å². The number of ether oxygens (including phenoxy) is 1. The quantitative estimate of drug-likeness (QED) is 0.0473. The molecule has 0 radical (unpaired) electrons. The Morgan fingerprint density at radius 2 is 1.09 bits per heavy atom. The van der Waals surface area contributed by atoms with Gasteiger partial charge in [-0.1, -0.05) is 83.9 Å². The molecular weight excluding hydrogens is 995 g/mol. The number of rotatable bonds is 13. The Morgan fingerprint density at radius 1 is 0.635 bits per heavy atom. The number of amides is 1.